The first-order valence-corrected chi connectivity index (χ1v) is 45.5. The van der Waals surface area contributed by atoms with Crippen molar-refractivity contribution in [3.05, 3.63) is 520 Å². The Morgan fingerprint density at radius 1 is 0.195 bits per heavy atom. The first-order chi connectivity index (χ1) is 62.4. The molecule has 0 radical (unpaired) electrons. The fourth-order valence-electron chi connectivity index (χ4n) is 21.1. The molecule has 0 bridgehead atoms. The molecule has 0 unspecified atom stereocenters. The van der Waals surface area contributed by atoms with E-state index in [-0.39, 0.29) is 40.0 Å². The third-order valence-electron chi connectivity index (χ3n) is 28.1. The van der Waals surface area contributed by atoms with Crippen molar-refractivity contribution in [2.24, 2.45) is 0 Å². The van der Waals surface area contributed by atoms with E-state index in [1.54, 1.807) is 0 Å². The molecular weight excluding hydrogens is 1620 g/mol. The van der Waals surface area contributed by atoms with Crippen molar-refractivity contribution in [3.63, 3.8) is 0 Å². The molecule has 618 valence electrons. The largest absolute Gasteiger partial charge is 0.494 e. The number of hydrogen-bond acceptors (Lipinski definition) is 4. The van der Waals surface area contributed by atoms with Gasteiger partial charge in [0.15, 0.2) is 0 Å². The van der Waals surface area contributed by atoms with Crippen LogP contribution in [-0.2, 0) is 31.0 Å². The highest BCUT2D eigenvalue weighted by molar-refractivity contribution is 9.10. The lowest BCUT2D eigenvalue weighted by atomic mass is 9.55. The lowest BCUT2D eigenvalue weighted by Crippen LogP contribution is -2.41. The lowest BCUT2D eigenvalue weighted by molar-refractivity contribution is 0.00578. The summed E-state index contributed by atoms with van der Waals surface area (Å²) in [6.45, 7) is 17.9. The average Bonchev–Trinajstić information content (AvgIpc) is 1.48. The maximum atomic E-state index is 6.45. The summed E-state index contributed by atoms with van der Waals surface area (Å²) in [4.78, 5) is 4.64. The van der Waals surface area contributed by atoms with Crippen LogP contribution in [0.3, 0.4) is 0 Å². The van der Waals surface area contributed by atoms with Gasteiger partial charge in [-0.25, -0.2) is 0 Å². The van der Waals surface area contributed by atoms with Gasteiger partial charge in [0.05, 0.1) is 22.0 Å². The van der Waals surface area contributed by atoms with E-state index >= 15 is 0 Å². The molecule has 0 saturated carbocycles. The van der Waals surface area contributed by atoms with Crippen LogP contribution >= 0.6 is 15.9 Å². The maximum Gasteiger partial charge on any atom is 0.494 e. The predicted molar refractivity (Wildman–Crippen MR) is 538 cm³/mol. The molecule has 1 fully saturated rings. The van der Waals surface area contributed by atoms with Gasteiger partial charge in [-0.2, -0.15) is 0 Å². The van der Waals surface area contributed by atoms with Crippen molar-refractivity contribution in [1.29, 1.82) is 0 Å². The number of nitrogens with zero attached hydrogens (tertiary/aromatic N) is 2. The smallest absolute Gasteiger partial charge is 0.399 e. The molecule has 5 aliphatic rings. The Kier molecular flexibility index (Phi) is 20.6. The molecule has 6 heteroatoms. The molecule has 1 saturated heterocycles. The Labute approximate surface area is 762 Å². The van der Waals surface area contributed by atoms with Crippen LogP contribution in [0.5, 0.6) is 0 Å². The van der Waals surface area contributed by atoms with Gasteiger partial charge in [0.2, 0.25) is 0 Å². The van der Waals surface area contributed by atoms with Gasteiger partial charge in [-0.1, -0.05) is 402 Å². The Hall–Kier alpha value is -14.0. The summed E-state index contributed by atoms with van der Waals surface area (Å²) in [7, 11) is -0.385. The molecule has 0 atom stereocenters. The zero-order chi connectivity index (χ0) is 87.1. The SMILES string of the molecule is Brc1ccc(N(c2ccc(-c3ccccc3)cc2)c2ccc(-c3ccccc3)cc2)cc1.CC1(C)c2ccccc2C2(c3ccccc3-c3cc(-c4ccc(N(c5ccc(-c6ccccc6)cc5)c5ccc(-c6ccccc6)cc5)cc4)ccc32)c2ccccc21.CC1(C)c2ccccc2C2(c3ccccc3-c3cc(B4OC(C)(C)C(C)(C)O4)ccc32)c2ccccc21. The predicted octanol–water partition coefficient (Wildman–Crippen LogP) is 31.4. The molecule has 0 aromatic heterocycles. The zero-order valence-electron chi connectivity index (χ0n) is 73.4. The van der Waals surface area contributed by atoms with Crippen LogP contribution in [0.2, 0.25) is 0 Å². The highest BCUT2D eigenvalue weighted by Crippen LogP contribution is 2.65. The highest BCUT2D eigenvalue weighted by atomic mass is 79.9. The summed E-state index contributed by atoms with van der Waals surface area (Å²) in [5.41, 5.74) is 39.9. The van der Waals surface area contributed by atoms with Gasteiger partial charge in [-0.05, 0) is 269 Å². The summed E-state index contributed by atoms with van der Waals surface area (Å²) < 4.78 is 14.0. The lowest BCUT2D eigenvalue weighted by Gasteiger charge is -2.46. The minimum Gasteiger partial charge on any atom is -0.399 e. The van der Waals surface area contributed by atoms with Crippen LogP contribution < -0.4 is 15.3 Å². The first kappa shape index (κ1) is 81.1. The highest BCUT2D eigenvalue weighted by Gasteiger charge is 2.57. The number of rotatable bonds is 12. The molecule has 2 spiro atoms. The van der Waals surface area contributed by atoms with Gasteiger partial charge < -0.3 is 19.1 Å². The first-order valence-electron chi connectivity index (χ1n) is 44.7. The van der Waals surface area contributed by atoms with E-state index in [4.69, 9.17) is 9.31 Å². The summed E-state index contributed by atoms with van der Waals surface area (Å²) in [5.74, 6) is 0. The topological polar surface area (TPSA) is 24.9 Å². The molecule has 0 N–H and O–H groups in total. The second-order valence-electron chi connectivity index (χ2n) is 36.5. The van der Waals surface area contributed by atoms with E-state index in [9.17, 15) is 0 Å². The van der Waals surface area contributed by atoms with Gasteiger partial charge >= 0.3 is 7.12 Å². The summed E-state index contributed by atoms with van der Waals surface area (Å²) >= 11 is 3.56. The average molecular weight is 1710 g/mol. The Morgan fingerprint density at radius 3 is 0.719 bits per heavy atom. The zero-order valence-corrected chi connectivity index (χ0v) is 75.0. The molecule has 128 heavy (non-hydrogen) atoms. The minimum absolute atomic E-state index is 0.0846. The maximum absolute atomic E-state index is 6.45. The molecule has 4 aliphatic carbocycles. The van der Waals surface area contributed by atoms with Crippen molar-refractivity contribution in [2.75, 3.05) is 9.80 Å². The van der Waals surface area contributed by atoms with Crippen LogP contribution in [0.15, 0.2) is 453 Å². The molecule has 23 rings (SSSR count). The standard InChI is InChI=1S/C58H43N.C34H33BO2.C30H22BrN/c1-57(2)53-21-11-13-23-55(53)58(56-24-14-12-22-54(56)57)51-20-10-9-19-49(51)50-39-45(31-38-52(50)58)44-29-36-48(37-30-44)59(46-32-25-42(26-33-46)40-15-5-3-6-16-40)47-34-27-43(28-35-47)41-17-7-4-8-18-41;1-31(2)27-15-9-11-17-29(27)34(30-18-12-10-16-28(30)31)25-14-8-7-13-23(25)24-21-22(19-20-26(24)34)35-36-32(3,4)33(5,6)37-35;31-27-15-21-30(22-16-27)32(28-17-11-25(12-18-28)23-7-3-1-4-8-23)29-19-13-26(14-20-29)24-9-5-2-6-10-24/h3-39H,1-2H3;7-21H,1-6H3;1-22H. The number of anilines is 6. The summed E-state index contributed by atoms with van der Waals surface area (Å²) in [6, 6.07) is 164. The summed E-state index contributed by atoms with van der Waals surface area (Å²) in [5, 5.41) is 0. The van der Waals surface area contributed by atoms with Crippen LogP contribution in [0.1, 0.15) is 122 Å². The van der Waals surface area contributed by atoms with Crippen LogP contribution in [-0.4, -0.2) is 18.3 Å². The van der Waals surface area contributed by atoms with Crippen LogP contribution in [0.4, 0.5) is 34.1 Å². The quantitative estimate of drug-likeness (QED) is 0.114. The second-order valence-corrected chi connectivity index (χ2v) is 37.4. The van der Waals surface area contributed by atoms with Crippen molar-refractivity contribution in [3.8, 4) is 77.9 Å². The Balaban J connectivity index is 0.000000124. The molecular formula is C122H98BBrN2O2. The van der Waals surface area contributed by atoms with E-state index < -0.39 is 0 Å². The third kappa shape index (κ3) is 13.7. The molecule has 0 amide bonds. The number of fused-ring (bicyclic) bond motifs is 18. The number of halogens is 1. The molecule has 1 aliphatic heterocycles. The van der Waals surface area contributed by atoms with Crippen molar-refractivity contribution < 1.29 is 9.31 Å². The van der Waals surface area contributed by atoms with Crippen molar-refractivity contribution in [1.82, 2.24) is 0 Å². The van der Waals surface area contributed by atoms with Gasteiger partial charge in [-0.15, -0.1) is 0 Å². The van der Waals surface area contributed by atoms with E-state index in [2.05, 4.69) is 518 Å². The molecule has 4 nitrogen and oxygen atoms in total. The molecule has 1 heterocycles. The van der Waals surface area contributed by atoms with E-state index in [1.807, 2.05) is 12.1 Å². The monoisotopic (exact) mass is 1710 g/mol. The third-order valence-corrected chi connectivity index (χ3v) is 28.7. The van der Waals surface area contributed by atoms with Crippen LogP contribution in [0, 0.1) is 0 Å². The van der Waals surface area contributed by atoms with Gasteiger partial charge in [0.25, 0.3) is 0 Å². The molecule has 18 aromatic carbocycles. The van der Waals surface area contributed by atoms with Gasteiger partial charge in [-0.3, -0.25) is 0 Å². The van der Waals surface area contributed by atoms with Crippen LogP contribution in [0.25, 0.3) is 77.9 Å². The minimum atomic E-state index is -0.385. The molecule has 18 aromatic rings. The van der Waals surface area contributed by atoms with E-state index in [0.717, 1.165) is 44.1 Å². The van der Waals surface area contributed by atoms with Crippen molar-refractivity contribution >= 4 is 62.6 Å². The fraction of sp³-hybridized carbons (Fsp3) is 0.115. The van der Waals surface area contributed by atoms with Gasteiger partial charge in [0.1, 0.15) is 0 Å². The summed E-state index contributed by atoms with van der Waals surface area (Å²) in [6.07, 6.45) is 0. The van der Waals surface area contributed by atoms with Gasteiger partial charge in [0, 0.05) is 49.4 Å². The van der Waals surface area contributed by atoms with E-state index in [0.29, 0.717) is 0 Å². The normalized spacial score (nSPS) is 15.1. The Morgan fingerprint density at radius 2 is 0.414 bits per heavy atom. The van der Waals surface area contributed by atoms with Crippen molar-refractivity contribution in [2.45, 2.75) is 88.3 Å². The second kappa shape index (κ2) is 32.5. The van der Waals surface area contributed by atoms with E-state index in [1.165, 1.54) is 145 Å². The number of hydrogen-bond donors (Lipinski definition) is 0. The number of benzene rings is 18. The fourth-order valence-corrected chi connectivity index (χ4v) is 21.3. The Bertz CT molecular complexity index is 6870.